The molecule has 2 aromatic rings. The van der Waals surface area contributed by atoms with Crippen LogP contribution < -0.4 is 9.47 Å². The molecule has 0 saturated carbocycles. The fraction of sp³-hybridized carbons (Fsp3) is 0.235. The summed E-state index contributed by atoms with van der Waals surface area (Å²) in [4.78, 5) is 11.8. The van der Waals surface area contributed by atoms with Gasteiger partial charge in [-0.15, -0.1) is 0 Å². The molecule has 0 aromatic heterocycles. The van der Waals surface area contributed by atoms with Gasteiger partial charge in [0.1, 0.15) is 18.1 Å². The van der Waals surface area contributed by atoms with Crippen molar-refractivity contribution in [1.29, 1.82) is 0 Å². The van der Waals surface area contributed by atoms with Gasteiger partial charge in [-0.1, -0.05) is 23.2 Å². The highest BCUT2D eigenvalue weighted by Gasteiger charge is 2.17. The molecule has 0 amide bonds. The fourth-order valence-corrected chi connectivity index (χ4v) is 2.63. The van der Waals surface area contributed by atoms with E-state index in [2.05, 4.69) is 0 Å². The summed E-state index contributed by atoms with van der Waals surface area (Å²) in [6.07, 6.45) is 0. The summed E-state index contributed by atoms with van der Waals surface area (Å²) in [5.41, 5.74) is 1.53. The van der Waals surface area contributed by atoms with Crippen LogP contribution in [-0.4, -0.2) is 19.4 Å². The minimum atomic E-state index is -0.495. The van der Waals surface area contributed by atoms with Gasteiger partial charge in [0.15, 0.2) is 13.4 Å². The van der Waals surface area contributed by atoms with Crippen molar-refractivity contribution in [2.75, 3.05) is 13.4 Å². The number of hydrogen-bond acceptors (Lipinski definition) is 5. The van der Waals surface area contributed by atoms with E-state index in [1.54, 1.807) is 36.4 Å². The number of benzene rings is 2. The largest absolute Gasteiger partial charge is 0.482 e. The second-order valence-electron chi connectivity index (χ2n) is 5.07. The van der Waals surface area contributed by atoms with Gasteiger partial charge in [-0.25, -0.2) is 4.79 Å². The number of halogens is 2. The normalized spacial score (nSPS) is 12.9. The molecule has 3 rings (SSSR count). The Morgan fingerprint density at radius 3 is 2.71 bits per heavy atom. The highest BCUT2D eigenvalue weighted by molar-refractivity contribution is 6.31. The van der Waals surface area contributed by atoms with E-state index in [0.29, 0.717) is 33.7 Å². The summed E-state index contributed by atoms with van der Waals surface area (Å²) in [6, 6.07) is 10.2. The number of ether oxygens (including phenoxy) is 4. The minimum absolute atomic E-state index is 0.0473. The second-order valence-corrected chi connectivity index (χ2v) is 5.94. The van der Waals surface area contributed by atoms with Gasteiger partial charge in [-0.05, 0) is 36.4 Å². The lowest BCUT2D eigenvalue weighted by Crippen LogP contribution is -2.17. The number of rotatable bonds is 5. The zero-order valence-corrected chi connectivity index (χ0v) is 14.1. The highest BCUT2D eigenvalue weighted by atomic mass is 35.5. The average molecular weight is 369 g/mol. The Bertz CT molecular complexity index is 731. The van der Waals surface area contributed by atoms with Crippen molar-refractivity contribution in [3.8, 4) is 11.5 Å². The Morgan fingerprint density at radius 2 is 1.92 bits per heavy atom. The van der Waals surface area contributed by atoms with Crippen LogP contribution in [0.5, 0.6) is 11.5 Å². The first-order valence-corrected chi connectivity index (χ1v) is 7.93. The molecule has 7 heteroatoms. The number of carbonyl (C=O) groups is 1. The molecule has 0 N–H and O–H groups in total. The van der Waals surface area contributed by atoms with E-state index in [9.17, 15) is 4.79 Å². The number of hydrogen-bond donors (Lipinski definition) is 0. The van der Waals surface area contributed by atoms with Gasteiger partial charge in [-0.3, -0.25) is 0 Å². The van der Waals surface area contributed by atoms with E-state index in [-0.39, 0.29) is 20.0 Å². The van der Waals surface area contributed by atoms with Crippen LogP contribution in [0.2, 0.25) is 10.0 Å². The molecule has 0 unspecified atom stereocenters. The zero-order valence-electron chi connectivity index (χ0n) is 12.6. The lowest BCUT2D eigenvalue weighted by molar-refractivity contribution is -0.147. The maximum Gasteiger partial charge on any atom is 0.344 e. The third-order valence-electron chi connectivity index (χ3n) is 3.31. The molecule has 24 heavy (non-hydrogen) atoms. The van der Waals surface area contributed by atoms with Crippen LogP contribution in [0.25, 0.3) is 0 Å². The molecule has 0 atom stereocenters. The van der Waals surface area contributed by atoms with Gasteiger partial charge in [-0.2, -0.15) is 0 Å². The summed E-state index contributed by atoms with van der Waals surface area (Å²) in [5.74, 6) is 0.694. The molecule has 0 spiro atoms. The summed E-state index contributed by atoms with van der Waals surface area (Å²) in [6.45, 7) is 0.422. The van der Waals surface area contributed by atoms with Crippen molar-refractivity contribution in [3.05, 3.63) is 57.6 Å². The van der Waals surface area contributed by atoms with Crippen LogP contribution in [0.3, 0.4) is 0 Å². The molecule has 1 heterocycles. The Labute approximate surface area is 149 Å². The van der Waals surface area contributed by atoms with Gasteiger partial charge in [0, 0.05) is 21.2 Å². The average Bonchev–Trinajstić information content (AvgIpc) is 2.59. The standard InChI is InChI=1S/C17H14Cl2O5/c18-13-1-3-15(4-2-13)22-9-16(20)23-8-12-6-14(19)5-11-7-21-10-24-17(11)12/h1-6H,7-10H2. The lowest BCUT2D eigenvalue weighted by Gasteiger charge is -2.21. The Hall–Kier alpha value is -1.95. The Kier molecular flexibility index (Phi) is 5.45. The van der Waals surface area contributed by atoms with Crippen LogP contribution in [0, 0.1) is 0 Å². The van der Waals surface area contributed by atoms with E-state index >= 15 is 0 Å². The van der Waals surface area contributed by atoms with Crippen LogP contribution >= 0.6 is 23.2 Å². The van der Waals surface area contributed by atoms with Crippen molar-refractivity contribution in [2.24, 2.45) is 0 Å². The van der Waals surface area contributed by atoms with Crippen LogP contribution in [0.15, 0.2) is 36.4 Å². The molecule has 126 valence electrons. The molecule has 0 bridgehead atoms. The molecule has 0 radical (unpaired) electrons. The Morgan fingerprint density at radius 1 is 1.12 bits per heavy atom. The summed E-state index contributed by atoms with van der Waals surface area (Å²) in [7, 11) is 0. The first-order chi connectivity index (χ1) is 11.6. The number of fused-ring (bicyclic) bond motifs is 1. The third kappa shape index (κ3) is 4.32. The summed E-state index contributed by atoms with van der Waals surface area (Å²) >= 11 is 11.8. The molecule has 2 aromatic carbocycles. The number of esters is 1. The Balaban J connectivity index is 1.56. The van der Waals surface area contributed by atoms with Crippen molar-refractivity contribution < 1.29 is 23.7 Å². The van der Waals surface area contributed by atoms with E-state index in [1.807, 2.05) is 0 Å². The maximum atomic E-state index is 11.8. The first kappa shape index (κ1) is 16.9. The van der Waals surface area contributed by atoms with Crippen LogP contribution in [-0.2, 0) is 27.5 Å². The molecular formula is C17H14Cl2O5. The lowest BCUT2D eigenvalue weighted by atomic mass is 10.1. The van der Waals surface area contributed by atoms with Crippen LogP contribution in [0.1, 0.15) is 11.1 Å². The molecule has 1 aliphatic rings. The molecule has 1 aliphatic heterocycles. The van der Waals surface area contributed by atoms with Gasteiger partial charge < -0.3 is 18.9 Å². The SMILES string of the molecule is O=C(COc1ccc(Cl)cc1)OCc1cc(Cl)cc2c1OCOC2. The molecule has 0 fully saturated rings. The van der Waals surface area contributed by atoms with Crippen molar-refractivity contribution in [2.45, 2.75) is 13.2 Å². The summed E-state index contributed by atoms with van der Waals surface area (Å²) in [5, 5.41) is 1.13. The summed E-state index contributed by atoms with van der Waals surface area (Å²) < 4.78 is 21.2. The topological polar surface area (TPSA) is 54.0 Å². The monoisotopic (exact) mass is 368 g/mol. The van der Waals surface area contributed by atoms with E-state index < -0.39 is 5.97 Å². The predicted molar refractivity (Wildman–Crippen MR) is 88.5 cm³/mol. The fourth-order valence-electron chi connectivity index (χ4n) is 2.24. The van der Waals surface area contributed by atoms with Crippen LogP contribution in [0.4, 0.5) is 0 Å². The van der Waals surface area contributed by atoms with E-state index in [1.165, 1.54) is 0 Å². The second kappa shape index (κ2) is 7.75. The maximum absolute atomic E-state index is 11.8. The quantitative estimate of drug-likeness (QED) is 0.747. The van der Waals surface area contributed by atoms with Crippen molar-refractivity contribution in [3.63, 3.8) is 0 Å². The van der Waals surface area contributed by atoms with Gasteiger partial charge >= 0.3 is 5.97 Å². The molecular weight excluding hydrogens is 355 g/mol. The highest BCUT2D eigenvalue weighted by Crippen LogP contribution is 2.32. The predicted octanol–water partition coefficient (Wildman–Crippen LogP) is 3.98. The smallest absolute Gasteiger partial charge is 0.344 e. The molecule has 0 saturated heterocycles. The van der Waals surface area contributed by atoms with Crippen molar-refractivity contribution >= 4 is 29.2 Å². The zero-order chi connectivity index (χ0) is 16.9. The molecule has 0 aliphatic carbocycles. The van der Waals surface area contributed by atoms with Gasteiger partial charge in [0.05, 0.1) is 6.61 Å². The van der Waals surface area contributed by atoms with Crippen molar-refractivity contribution in [1.82, 2.24) is 0 Å². The molecule has 5 nitrogen and oxygen atoms in total. The van der Waals surface area contributed by atoms with Gasteiger partial charge in [0.25, 0.3) is 0 Å². The van der Waals surface area contributed by atoms with Gasteiger partial charge in [0.2, 0.25) is 0 Å². The van der Waals surface area contributed by atoms with E-state index in [0.717, 1.165) is 5.56 Å². The minimum Gasteiger partial charge on any atom is -0.482 e. The number of carbonyl (C=O) groups excluding carboxylic acids is 1. The first-order valence-electron chi connectivity index (χ1n) is 7.17. The third-order valence-corrected chi connectivity index (χ3v) is 3.78. The van der Waals surface area contributed by atoms with E-state index in [4.69, 9.17) is 42.1 Å².